The summed E-state index contributed by atoms with van der Waals surface area (Å²) < 4.78 is 7.41. The molecule has 0 aliphatic heterocycles. The Morgan fingerprint density at radius 2 is 1.67 bits per heavy atom. The van der Waals surface area contributed by atoms with E-state index in [0.717, 1.165) is 20.2 Å². The number of hydrogen-bond acceptors (Lipinski definition) is 4. The van der Waals surface area contributed by atoms with E-state index < -0.39 is 0 Å². The molecule has 0 saturated heterocycles. The zero-order valence-corrected chi connectivity index (χ0v) is 16.3. The fourth-order valence-electron chi connectivity index (χ4n) is 1.92. The van der Waals surface area contributed by atoms with Crippen LogP contribution in [-0.2, 0) is 4.79 Å². The molecular formula is C17H12Br2N2O2S. The maximum atomic E-state index is 12.0. The standard InChI is InChI=1S/C17H12Br2N2O2S/c18-12-3-1-11(2-4-12)15-10-24-17(20-15)21-16(22)9-23-14-7-5-13(19)6-8-14/h1-8,10H,9H2,(H,20,21,22). The van der Waals surface area contributed by atoms with Crippen LogP contribution in [0.3, 0.4) is 0 Å². The van der Waals surface area contributed by atoms with Gasteiger partial charge in [0.25, 0.3) is 5.91 Å². The maximum Gasteiger partial charge on any atom is 0.264 e. The molecular weight excluding hydrogens is 456 g/mol. The molecule has 0 bridgehead atoms. The molecule has 1 amide bonds. The van der Waals surface area contributed by atoms with Crippen LogP contribution in [0.5, 0.6) is 5.75 Å². The number of nitrogens with one attached hydrogen (secondary N) is 1. The Morgan fingerprint density at radius 1 is 1.04 bits per heavy atom. The van der Waals surface area contributed by atoms with E-state index in [1.807, 2.05) is 41.8 Å². The molecule has 0 unspecified atom stereocenters. The lowest BCUT2D eigenvalue weighted by atomic mass is 10.2. The average molecular weight is 468 g/mol. The van der Waals surface area contributed by atoms with Gasteiger partial charge >= 0.3 is 0 Å². The van der Waals surface area contributed by atoms with E-state index in [1.165, 1.54) is 11.3 Å². The third-order valence-corrected chi connectivity index (χ3v) is 4.89. The molecule has 122 valence electrons. The van der Waals surface area contributed by atoms with Crippen molar-refractivity contribution in [1.29, 1.82) is 0 Å². The fraction of sp³-hybridized carbons (Fsp3) is 0.0588. The number of thiazole rings is 1. The number of benzene rings is 2. The first-order valence-electron chi connectivity index (χ1n) is 7.00. The Kier molecular flexibility index (Phi) is 5.65. The molecule has 24 heavy (non-hydrogen) atoms. The minimum atomic E-state index is -0.241. The van der Waals surface area contributed by atoms with Crippen molar-refractivity contribution in [1.82, 2.24) is 4.98 Å². The minimum absolute atomic E-state index is 0.0607. The van der Waals surface area contributed by atoms with Crippen LogP contribution >= 0.6 is 43.2 Å². The summed E-state index contributed by atoms with van der Waals surface area (Å²) in [6.07, 6.45) is 0. The van der Waals surface area contributed by atoms with Crippen molar-refractivity contribution in [2.45, 2.75) is 0 Å². The van der Waals surface area contributed by atoms with Crippen molar-refractivity contribution in [2.24, 2.45) is 0 Å². The van der Waals surface area contributed by atoms with E-state index in [2.05, 4.69) is 42.2 Å². The van der Waals surface area contributed by atoms with Crippen LogP contribution in [0.25, 0.3) is 11.3 Å². The second kappa shape index (κ2) is 7.92. The second-order valence-electron chi connectivity index (χ2n) is 4.84. The maximum absolute atomic E-state index is 12.0. The number of halogens is 2. The van der Waals surface area contributed by atoms with Gasteiger partial charge in [0.1, 0.15) is 5.75 Å². The Hall–Kier alpha value is -1.70. The van der Waals surface area contributed by atoms with Gasteiger partial charge in [0.2, 0.25) is 0 Å². The Balaban J connectivity index is 1.57. The summed E-state index contributed by atoms with van der Waals surface area (Å²) in [5.74, 6) is 0.401. The molecule has 2 aromatic carbocycles. The van der Waals surface area contributed by atoms with E-state index in [1.54, 1.807) is 12.1 Å². The Bertz CT molecular complexity index is 833. The molecule has 0 aliphatic rings. The van der Waals surface area contributed by atoms with Crippen LogP contribution in [0.15, 0.2) is 62.9 Å². The predicted octanol–water partition coefficient (Wildman–Crippen LogP) is 5.35. The number of amides is 1. The number of aromatic nitrogens is 1. The quantitative estimate of drug-likeness (QED) is 0.550. The topological polar surface area (TPSA) is 51.2 Å². The molecule has 3 aromatic rings. The summed E-state index contributed by atoms with van der Waals surface area (Å²) in [6, 6.07) is 15.2. The van der Waals surface area contributed by atoms with Gasteiger partial charge < -0.3 is 4.74 Å². The minimum Gasteiger partial charge on any atom is -0.484 e. The van der Waals surface area contributed by atoms with Crippen molar-refractivity contribution in [3.8, 4) is 17.0 Å². The van der Waals surface area contributed by atoms with E-state index >= 15 is 0 Å². The first kappa shape index (κ1) is 17.1. The first-order valence-corrected chi connectivity index (χ1v) is 9.46. The molecule has 4 nitrogen and oxygen atoms in total. The molecule has 7 heteroatoms. The van der Waals surface area contributed by atoms with Crippen molar-refractivity contribution in [3.63, 3.8) is 0 Å². The Labute approximate surface area is 160 Å². The number of carbonyl (C=O) groups excluding carboxylic acids is 1. The van der Waals surface area contributed by atoms with Crippen LogP contribution in [0, 0.1) is 0 Å². The molecule has 1 aromatic heterocycles. The molecule has 0 atom stereocenters. The molecule has 0 spiro atoms. The fourth-order valence-corrected chi connectivity index (χ4v) is 3.18. The lowest BCUT2D eigenvalue weighted by molar-refractivity contribution is -0.118. The monoisotopic (exact) mass is 466 g/mol. The molecule has 1 N–H and O–H groups in total. The molecule has 0 saturated carbocycles. The van der Waals surface area contributed by atoms with Gasteiger partial charge in [-0.25, -0.2) is 4.98 Å². The lowest BCUT2D eigenvalue weighted by Gasteiger charge is -2.05. The Morgan fingerprint density at radius 3 is 2.33 bits per heavy atom. The number of anilines is 1. The molecule has 1 heterocycles. The smallest absolute Gasteiger partial charge is 0.264 e. The van der Waals surface area contributed by atoms with E-state index in [9.17, 15) is 4.79 Å². The van der Waals surface area contributed by atoms with E-state index in [0.29, 0.717) is 10.9 Å². The van der Waals surface area contributed by atoms with Gasteiger partial charge in [0.15, 0.2) is 11.7 Å². The molecule has 0 aliphatic carbocycles. The zero-order valence-electron chi connectivity index (χ0n) is 12.3. The molecule has 0 fully saturated rings. The predicted molar refractivity (Wildman–Crippen MR) is 104 cm³/mol. The third kappa shape index (κ3) is 4.66. The van der Waals surface area contributed by atoms with Crippen LogP contribution in [0.4, 0.5) is 5.13 Å². The van der Waals surface area contributed by atoms with Crippen molar-refractivity contribution >= 4 is 54.2 Å². The summed E-state index contributed by atoms with van der Waals surface area (Å²) in [5, 5.41) is 5.21. The highest BCUT2D eigenvalue weighted by molar-refractivity contribution is 9.10. The van der Waals surface area contributed by atoms with Gasteiger partial charge in [-0.15, -0.1) is 11.3 Å². The summed E-state index contributed by atoms with van der Waals surface area (Å²) in [7, 11) is 0. The third-order valence-electron chi connectivity index (χ3n) is 3.07. The average Bonchev–Trinajstić information content (AvgIpc) is 3.03. The number of rotatable bonds is 5. The summed E-state index contributed by atoms with van der Waals surface area (Å²) in [6.45, 7) is -0.0607. The SMILES string of the molecule is O=C(COc1ccc(Br)cc1)Nc1nc(-c2ccc(Br)cc2)cs1. The van der Waals surface area contributed by atoms with E-state index in [-0.39, 0.29) is 12.5 Å². The summed E-state index contributed by atoms with van der Waals surface area (Å²) in [5.41, 5.74) is 1.83. The highest BCUT2D eigenvalue weighted by atomic mass is 79.9. The molecule has 0 radical (unpaired) electrons. The van der Waals surface area contributed by atoms with Crippen LogP contribution in [0.1, 0.15) is 0 Å². The summed E-state index contributed by atoms with van der Waals surface area (Å²) in [4.78, 5) is 16.4. The van der Waals surface area contributed by atoms with Crippen molar-refractivity contribution in [2.75, 3.05) is 11.9 Å². The van der Waals surface area contributed by atoms with Crippen LogP contribution in [-0.4, -0.2) is 17.5 Å². The van der Waals surface area contributed by atoms with Crippen molar-refractivity contribution < 1.29 is 9.53 Å². The van der Waals surface area contributed by atoms with Gasteiger partial charge in [-0.3, -0.25) is 10.1 Å². The lowest BCUT2D eigenvalue weighted by Crippen LogP contribution is -2.20. The van der Waals surface area contributed by atoms with Crippen molar-refractivity contribution in [3.05, 3.63) is 62.9 Å². The zero-order chi connectivity index (χ0) is 16.9. The highest BCUT2D eigenvalue weighted by Gasteiger charge is 2.09. The normalized spacial score (nSPS) is 10.4. The van der Waals surface area contributed by atoms with Gasteiger partial charge in [0.05, 0.1) is 5.69 Å². The van der Waals surface area contributed by atoms with Gasteiger partial charge in [-0.1, -0.05) is 44.0 Å². The number of nitrogens with zero attached hydrogens (tertiary/aromatic N) is 1. The number of ether oxygens (including phenoxy) is 1. The summed E-state index contributed by atoms with van der Waals surface area (Å²) >= 11 is 8.14. The molecule has 3 rings (SSSR count). The van der Waals surface area contributed by atoms with Crippen LogP contribution in [0.2, 0.25) is 0 Å². The number of hydrogen-bond donors (Lipinski definition) is 1. The van der Waals surface area contributed by atoms with Gasteiger partial charge in [-0.05, 0) is 36.4 Å². The van der Waals surface area contributed by atoms with Gasteiger partial charge in [0, 0.05) is 19.9 Å². The van der Waals surface area contributed by atoms with E-state index in [4.69, 9.17) is 4.74 Å². The number of carbonyl (C=O) groups is 1. The largest absolute Gasteiger partial charge is 0.484 e. The van der Waals surface area contributed by atoms with Gasteiger partial charge in [-0.2, -0.15) is 0 Å². The second-order valence-corrected chi connectivity index (χ2v) is 7.53. The highest BCUT2D eigenvalue weighted by Crippen LogP contribution is 2.26. The van der Waals surface area contributed by atoms with Crippen LogP contribution < -0.4 is 10.1 Å². The first-order chi connectivity index (χ1) is 11.6.